The molecule has 0 saturated carbocycles. The lowest BCUT2D eigenvalue weighted by Crippen LogP contribution is -2.50. The van der Waals surface area contributed by atoms with E-state index in [1.165, 1.54) is 0 Å². The van der Waals surface area contributed by atoms with Crippen LogP contribution in [0.3, 0.4) is 0 Å². The lowest BCUT2D eigenvalue weighted by molar-refractivity contribution is -0.139. The Bertz CT molecular complexity index is 336. The second kappa shape index (κ2) is 6.93. The van der Waals surface area contributed by atoms with Crippen LogP contribution in [0.5, 0.6) is 0 Å². The van der Waals surface area contributed by atoms with Crippen LogP contribution in [0.2, 0.25) is 0 Å². The van der Waals surface area contributed by atoms with Gasteiger partial charge < -0.3 is 10.5 Å². The average Bonchev–Trinajstić information content (AvgIpc) is 2.26. The SMILES string of the molecule is CCOC(=O)CS(=O)(=O)NCC(N)(CC)CC. The number of carbonyl (C=O) groups is 1. The first kappa shape index (κ1) is 16.3. The summed E-state index contributed by atoms with van der Waals surface area (Å²) < 4.78 is 30.0. The van der Waals surface area contributed by atoms with E-state index in [-0.39, 0.29) is 13.2 Å². The number of sulfonamides is 1. The molecule has 0 heterocycles. The highest BCUT2D eigenvalue weighted by atomic mass is 32.2. The molecule has 0 aliphatic carbocycles. The van der Waals surface area contributed by atoms with Gasteiger partial charge in [0.15, 0.2) is 5.75 Å². The standard InChI is InChI=1S/C10H22N2O4S/c1-4-10(11,5-2)8-12-17(14,15)7-9(13)16-6-3/h12H,4-8,11H2,1-3H3. The Kier molecular flexibility index (Phi) is 6.66. The molecule has 0 saturated heterocycles. The molecule has 0 fully saturated rings. The van der Waals surface area contributed by atoms with E-state index >= 15 is 0 Å². The van der Waals surface area contributed by atoms with E-state index in [1.54, 1.807) is 6.92 Å². The predicted molar refractivity (Wildman–Crippen MR) is 65.9 cm³/mol. The number of hydrogen-bond acceptors (Lipinski definition) is 5. The Labute approximate surface area is 103 Å². The molecule has 0 aliphatic rings. The summed E-state index contributed by atoms with van der Waals surface area (Å²) in [5.41, 5.74) is 5.38. The summed E-state index contributed by atoms with van der Waals surface area (Å²) in [5.74, 6) is -1.42. The van der Waals surface area contributed by atoms with Crippen molar-refractivity contribution in [1.29, 1.82) is 0 Å². The topological polar surface area (TPSA) is 98.5 Å². The van der Waals surface area contributed by atoms with Gasteiger partial charge in [-0.1, -0.05) is 13.8 Å². The highest BCUT2D eigenvalue weighted by Gasteiger charge is 2.24. The maximum Gasteiger partial charge on any atom is 0.322 e. The van der Waals surface area contributed by atoms with Gasteiger partial charge in [0.2, 0.25) is 10.0 Å². The number of carbonyl (C=O) groups excluding carboxylic acids is 1. The van der Waals surface area contributed by atoms with E-state index in [9.17, 15) is 13.2 Å². The van der Waals surface area contributed by atoms with Crippen LogP contribution in [0.25, 0.3) is 0 Å². The third-order valence-corrected chi connectivity index (χ3v) is 3.87. The molecular formula is C10H22N2O4S. The van der Waals surface area contributed by atoms with Crippen LogP contribution in [0.15, 0.2) is 0 Å². The molecular weight excluding hydrogens is 244 g/mol. The van der Waals surface area contributed by atoms with Gasteiger partial charge in [0.1, 0.15) is 0 Å². The molecule has 17 heavy (non-hydrogen) atoms. The van der Waals surface area contributed by atoms with Gasteiger partial charge in [-0.05, 0) is 19.8 Å². The van der Waals surface area contributed by atoms with Crippen molar-refractivity contribution in [3.63, 3.8) is 0 Å². The van der Waals surface area contributed by atoms with E-state index in [2.05, 4.69) is 9.46 Å². The highest BCUT2D eigenvalue weighted by Crippen LogP contribution is 2.09. The summed E-state index contributed by atoms with van der Waals surface area (Å²) in [7, 11) is -3.66. The zero-order valence-corrected chi connectivity index (χ0v) is 11.5. The maximum absolute atomic E-state index is 11.5. The van der Waals surface area contributed by atoms with Gasteiger partial charge >= 0.3 is 5.97 Å². The van der Waals surface area contributed by atoms with Crippen LogP contribution >= 0.6 is 0 Å². The first-order chi connectivity index (χ1) is 7.78. The Morgan fingerprint density at radius 2 is 1.82 bits per heavy atom. The lowest BCUT2D eigenvalue weighted by atomic mass is 9.95. The third kappa shape index (κ3) is 6.60. The van der Waals surface area contributed by atoms with Gasteiger partial charge in [-0.25, -0.2) is 13.1 Å². The normalized spacial score (nSPS) is 12.5. The largest absolute Gasteiger partial charge is 0.465 e. The molecule has 0 atom stereocenters. The first-order valence-corrected chi connectivity index (χ1v) is 7.35. The summed E-state index contributed by atoms with van der Waals surface area (Å²) in [4.78, 5) is 11.0. The summed E-state index contributed by atoms with van der Waals surface area (Å²) in [5, 5.41) is 0. The van der Waals surface area contributed by atoms with Gasteiger partial charge in [-0.15, -0.1) is 0 Å². The van der Waals surface area contributed by atoms with Crippen molar-refractivity contribution in [3.05, 3.63) is 0 Å². The second-order valence-electron chi connectivity index (χ2n) is 3.95. The number of hydrogen-bond donors (Lipinski definition) is 2. The van der Waals surface area contributed by atoms with E-state index in [0.29, 0.717) is 12.8 Å². The van der Waals surface area contributed by atoms with Crippen LogP contribution in [-0.4, -0.2) is 38.8 Å². The first-order valence-electron chi connectivity index (χ1n) is 5.70. The zero-order valence-electron chi connectivity index (χ0n) is 10.7. The molecule has 0 aromatic carbocycles. The van der Waals surface area contributed by atoms with Crippen LogP contribution in [-0.2, 0) is 19.6 Å². The summed E-state index contributed by atoms with van der Waals surface area (Å²) >= 11 is 0. The predicted octanol–water partition coefficient (Wildman–Crippen LogP) is -0.0136. The molecule has 0 spiro atoms. The minimum Gasteiger partial charge on any atom is -0.465 e. The molecule has 0 bridgehead atoms. The van der Waals surface area contributed by atoms with Gasteiger partial charge in [0, 0.05) is 12.1 Å². The average molecular weight is 266 g/mol. The maximum atomic E-state index is 11.5. The summed E-state index contributed by atoms with van der Waals surface area (Å²) in [6.07, 6.45) is 1.32. The van der Waals surface area contributed by atoms with Crippen molar-refractivity contribution >= 4 is 16.0 Å². The molecule has 0 amide bonds. The van der Waals surface area contributed by atoms with E-state index in [1.807, 2.05) is 13.8 Å². The van der Waals surface area contributed by atoms with Crippen molar-refractivity contribution in [2.24, 2.45) is 5.73 Å². The lowest BCUT2D eigenvalue weighted by Gasteiger charge is -2.26. The number of esters is 1. The molecule has 102 valence electrons. The Balaban J connectivity index is 4.32. The molecule has 6 nitrogen and oxygen atoms in total. The molecule has 0 radical (unpaired) electrons. The van der Waals surface area contributed by atoms with Gasteiger partial charge in [0.25, 0.3) is 0 Å². The molecule has 0 unspecified atom stereocenters. The molecule has 0 rings (SSSR count). The van der Waals surface area contributed by atoms with Crippen molar-refractivity contribution in [2.45, 2.75) is 39.2 Å². The van der Waals surface area contributed by atoms with Crippen LogP contribution < -0.4 is 10.5 Å². The minimum atomic E-state index is -3.66. The van der Waals surface area contributed by atoms with Gasteiger partial charge in [-0.2, -0.15) is 0 Å². The number of ether oxygens (including phenoxy) is 1. The minimum absolute atomic E-state index is 0.127. The number of nitrogens with two attached hydrogens (primary N) is 1. The second-order valence-corrected chi connectivity index (χ2v) is 5.76. The van der Waals surface area contributed by atoms with Crippen molar-refractivity contribution in [2.75, 3.05) is 18.9 Å². The summed E-state index contributed by atoms with van der Waals surface area (Å²) in [6.45, 7) is 5.70. The van der Waals surface area contributed by atoms with Crippen LogP contribution in [0.1, 0.15) is 33.6 Å². The van der Waals surface area contributed by atoms with Crippen molar-refractivity contribution in [1.82, 2.24) is 4.72 Å². The van der Waals surface area contributed by atoms with Gasteiger partial charge in [0.05, 0.1) is 6.61 Å². The molecule has 0 aliphatic heterocycles. The monoisotopic (exact) mass is 266 g/mol. The van der Waals surface area contributed by atoms with Crippen molar-refractivity contribution in [3.8, 4) is 0 Å². The Morgan fingerprint density at radius 1 is 1.29 bits per heavy atom. The number of rotatable bonds is 8. The number of nitrogens with one attached hydrogen (secondary N) is 1. The molecule has 0 aromatic rings. The quantitative estimate of drug-likeness (QED) is 0.602. The molecule has 0 aromatic heterocycles. The summed E-state index contributed by atoms with van der Waals surface area (Å²) in [6, 6.07) is 0. The van der Waals surface area contributed by atoms with Crippen molar-refractivity contribution < 1.29 is 17.9 Å². The van der Waals surface area contributed by atoms with Crippen LogP contribution in [0.4, 0.5) is 0 Å². The molecule has 3 N–H and O–H groups in total. The molecule has 7 heteroatoms. The smallest absolute Gasteiger partial charge is 0.322 e. The fourth-order valence-corrected chi connectivity index (χ4v) is 2.17. The fourth-order valence-electron chi connectivity index (χ4n) is 1.16. The van der Waals surface area contributed by atoms with E-state index < -0.39 is 27.3 Å². The van der Waals surface area contributed by atoms with Crippen LogP contribution in [0, 0.1) is 0 Å². The fraction of sp³-hybridized carbons (Fsp3) is 0.900. The Morgan fingerprint density at radius 3 is 2.24 bits per heavy atom. The Hall–Kier alpha value is -0.660. The van der Waals surface area contributed by atoms with E-state index in [4.69, 9.17) is 5.73 Å². The van der Waals surface area contributed by atoms with Gasteiger partial charge in [-0.3, -0.25) is 4.79 Å². The highest BCUT2D eigenvalue weighted by molar-refractivity contribution is 7.90. The van der Waals surface area contributed by atoms with E-state index in [0.717, 1.165) is 0 Å². The zero-order chi connectivity index (χ0) is 13.5. The third-order valence-electron chi connectivity index (χ3n) is 2.67.